The predicted molar refractivity (Wildman–Crippen MR) is 108 cm³/mol. The maximum Gasteiger partial charge on any atom is 0.424 e. The number of likely N-dealkylation sites (N-methyl/N-ethyl adjacent to an activating group) is 1. The number of benzene rings is 1. The van der Waals surface area contributed by atoms with Crippen LogP contribution in [0, 0.1) is 5.82 Å². The number of halogens is 4. The summed E-state index contributed by atoms with van der Waals surface area (Å²) in [5.41, 5.74) is -2.64. The Kier molecular flexibility index (Phi) is 7.05. The SMILES string of the molecule is CCc1c([P+](C)(O)CC)cc(C(O)(CNC)C(F)(F)F)nc1-c1ccc(F)cc1. The van der Waals surface area contributed by atoms with Crippen LogP contribution in [0.15, 0.2) is 30.3 Å². The van der Waals surface area contributed by atoms with E-state index in [1.807, 2.05) is 6.92 Å². The number of aromatic nitrogens is 1. The van der Waals surface area contributed by atoms with E-state index in [2.05, 4.69) is 10.3 Å². The van der Waals surface area contributed by atoms with Crippen molar-refractivity contribution in [1.29, 1.82) is 0 Å². The van der Waals surface area contributed by atoms with Crippen LogP contribution in [0.5, 0.6) is 0 Å². The molecule has 0 aliphatic rings. The number of alkyl halides is 3. The Morgan fingerprint density at radius 2 is 1.72 bits per heavy atom. The van der Waals surface area contributed by atoms with Crippen LogP contribution in [0.3, 0.4) is 0 Å². The van der Waals surface area contributed by atoms with Crippen LogP contribution in [0.1, 0.15) is 25.1 Å². The highest BCUT2D eigenvalue weighted by molar-refractivity contribution is 7.77. The van der Waals surface area contributed by atoms with Gasteiger partial charge in [-0.3, -0.25) is 0 Å². The molecule has 0 saturated heterocycles. The molecule has 2 aromatic rings. The number of aliphatic hydroxyl groups is 1. The summed E-state index contributed by atoms with van der Waals surface area (Å²) in [5.74, 6) is -0.488. The highest BCUT2D eigenvalue weighted by atomic mass is 31.2. The summed E-state index contributed by atoms with van der Waals surface area (Å²) in [5, 5.41) is 13.3. The van der Waals surface area contributed by atoms with E-state index in [1.165, 1.54) is 37.4 Å². The van der Waals surface area contributed by atoms with Crippen LogP contribution < -0.4 is 10.6 Å². The minimum absolute atomic E-state index is 0.201. The number of nitrogens with one attached hydrogen (secondary N) is 1. The number of pyridine rings is 1. The summed E-state index contributed by atoms with van der Waals surface area (Å²) in [6.07, 6.45) is -4.24. The second-order valence-corrected chi connectivity index (χ2v) is 10.5. The van der Waals surface area contributed by atoms with Crippen molar-refractivity contribution in [3.8, 4) is 11.3 Å². The molecule has 0 spiro atoms. The quantitative estimate of drug-likeness (QED) is 0.461. The highest BCUT2D eigenvalue weighted by Crippen LogP contribution is 2.51. The van der Waals surface area contributed by atoms with Gasteiger partial charge in [-0.2, -0.15) is 13.2 Å². The topological polar surface area (TPSA) is 65.4 Å². The lowest BCUT2D eigenvalue weighted by atomic mass is 9.95. The summed E-state index contributed by atoms with van der Waals surface area (Å²) in [6, 6.07) is 6.41. The van der Waals surface area contributed by atoms with Crippen LogP contribution in [0.25, 0.3) is 11.3 Å². The minimum Gasteiger partial charge on any atom is -0.374 e. The fourth-order valence-corrected chi connectivity index (χ4v) is 4.74. The van der Waals surface area contributed by atoms with E-state index < -0.39 is 37.3 Å². The van der Waals surface area contributed by atoms with Gasteiger partial charge in [-0.25, -0.2) is 14.3 Å². The van der Waals surface area contributed by atoms with Gasteiger partial charge < -0.3 is 10.4 Å². The molecule has 160 valence electrons. The molecule has 0 bridgehead atoms. The molecule has 1 heterocycles. The molecule has 0 aliphatic carbocycles. The average Bonchev–Trinajstić information content (AvgIpc) is 2.66. The lowest BCUT2D eigenvalue weighted by molar-refractivity contribution is -0.265. The first-order valence-electron chi connectivity index (χ1n) is 9.24. The monoisotopic (exact) mass is 433 g/mol. The summed E-state index contributed by atoms with van der Waals surface area (Å²) in [4.78, 5) is 15.2. The maximum atomic E-state index is 13.8. The Labute approximate surface area is 168 Å². The Bertz CT molecular complexity index is 857. The van der Waals surface area contributed by atoms with Crippen LogP contribution >= 0.6 is 7.49 Å². The van der Waals surface area contributed by atoms with Gasteiger partial charge in [0.25, 0.3) is 0 Å². The summed E-state index contributed by atoms with van der Waals surface area (Å²) >= 11 is 0. The number of nitrogens with zero attached hydrogens (tertiary/aromatic N) is 1. The highest BCUT2D eigenvalue weighted by Gasteiger charge is 2.56. The van der Waals surface area contributed by atoms with Crippen LogP contribution in [0.4, 0.5) is 17.6 Å². The first kappa shape index (κ1) is 23.7. The smallest absolute Gasteiger partial charge is 0.374 e. The van der Waals surface area contributed by atoms with Crippen LogP contribution in [-0.4, -0.2) is 47.6 Å². The van der Waals surface area contributed by atoms with Crippen molar-refractivity contribution in [2.45, 2.75) is 32.0 Å². The molecule has 2 unspecified atom stereocenters. The largest absolute Gasteiger partial charge is 0.424 e. The molecule has 9 heteroatoms. The Hall–Kier alpha value is -1.60. The second-order valence-electron chi connectivity index (χ2n) is 7.06. The predicted octanol–water partition coefficient (Wildman–Crippen LogP) is 3.62. The van der Waals surface area contributed by atoms with E-state index in [-0.39, 0.29) is 5.69 Å². The summed E-state index contributed by atoms with van der Waals surface area (Å²) < 4.78 is 54.9. The van der Waals surface area contributed by atoms with Crippen LogP contribution in [-0.2, 0) is 12.0 Å². The van der Waals surface area contributed by atoms with E-state index in [4.69, 9.17) is 0 Å². The Morgan fingerprint density at radius 1 is 1.14 bits per heavy atom. The molecule has 0 amide bonds. The molecule has 1 aromatic heterocycles. The maximum absolute atomic E-state index is 13.8. The lowest BCUT2D eigenvalue weighted by Gasteiger charge is -2.31. The molecule has 0 aliphatic heterocycles. The van der Waals surface area contributed by atoms with Gasteiger partial charge in [0.15, 0.2) is 7.49 Å². The van der Waals surface area contributed by atoms with Crippen molar-refractivity contribution in [3.05, 3.63) is 47.4 Å². The van der Waals surface area contributed by atoms with E-state index >= 15 is 0 Å². The fourth-order valence-electron chi connectivity index (χ4n) is 3.16. The number of hydrogen-bond donors (Lipinski definition) is 3. The average molecular weight is 433 g/mol. The third-order valence-corrected chi connectivity index (χ3v) is 7.70. The molecule has 1 aromatic carbocycles. The van der Waals surface area contributed by atoms with Crippen molar-refractivity contribution in [3.63, 3.8) is 0 Å². The van der Waals surface area contributed by atoms with Gasteiger partial charge >= 0.3 is 6.18 Å². The molecule has 3 N–H and O–H groups in total. The Morgan fingerprint density at radius 3 is 2.17 bits per heavy atom. The first-order valence-corrected chi connectivity index (χ1v) is 11.6. The van der Waals surface area contributed by atoms with Crippen molar-refractivity contribution < 1.29 is 27.6 Å². The molecule has 0 saturated carbocycles. The molecular formula is C20H26F4N2O2P+. The van der Waals surface area contributed by atoms with Gasteiger partial charge in [-0.1, -0.05) is 6.92 Å². The molecule has 4 nitrogen and oxygen atoms in total. The van der Waals surface area contributed by atoms with Crippen LogP contribution in [0.2, 0.25) is 0 Å². The van der Waals surface area contributed by atoms with Crippen molar-refractivity contribution in [2.24, 2.45) is 0 Å². The Balaban J connectivity index is 2.91. The standard InChI is InChI=1S/C20H26F4N2O2P/c1-5-15-16(29(4,28)6-2)11-17(19(27,12-25-3)20(22,23)24)26-18(15)13-7-9-14(21)10-8-13/h7-11,25,27-28H,5-6,12H2,1-4H3/q+1. The van der Waals surface area contributed by atoms with Crippen molar-refractivity contribution in [1.82, 2.24) is 10.3 Å². The second kappa shape index (κ2) is 8.64. The van der Waals surface area contributed by atoms with Crippen molar-refractivity contribution in [2.75, 3.05) is 26.4 Å². The number of hydrogen-bond acceptors (Lipinski definition) is 4. The van der Waals surface area contributed by atoms with Gasteiger partial charge in [0, 0.05) is 23.7 Å². The van der Waals surface area contributed by atoms with Gasteiger partial charge in [-0.15, -0.1) is 0 Å². The van der Waals surface area contributed by atoms with Gasteiger partial charge in [0.1, 0.15) is 11.1 Å². The lowest BCUT2D eigenvalue weighted by Crippen LogP contribution is -2.50. The van der Waals surface area contributed by atoms with Gasteiger partial charge in [0.2, 0.25) is 5.60 Å². The van der Waals surface area contributed by atoms with E-state index in [9.17, 15) is 27.6 Å². The summed E-state index contributed by atoms with van der Waals surface area (Å²) in [7, 11) is -1.47. The van der Waals surface area contributed by atoms with Gasteiger partial charge in [0.05, 0.1) is 24.2 Å². The number of rotatable bonds is 7. The third-order valence-electron chi connectivity index (χ3n) is 5.03. The molecule has 0 radical (unpaired) electrons. The van der Waals surface area contributed by atoms with E-state index in [1.54, 1.807) is 13.6 Å². The van der Waals surface area contributed by atoms with E-state index in [0.717, 1.165) is 0 Å². The molecule has 2 rings (SSSR count). The fraction of sp³-hybridized carbons (Fsp3) is 0.450. The molecule has 0 fully saturated rings. The summed E-state index contributed by atoms with van der Waals surface area (Å²) in [6.45, 7) is 4.38. The molecular weight excluding hydrogens is 407 g/mol. The minimum atomic E-state index is -5.00. The zero-order valence-electron chi connectivity index (χ0n) is 16.8. The van der Waals surface area contributed by atoms with E-state index in [0.29, 0.717) is 29.0 Å². The normalized spacial score (nSPS) is 16.3. The zero-order chi connectivity index (χ0) is 22.0. The first-order chi connectivity index (χ1) is 13.4. The molecule has 2 atom stereocenters. The van der Waals surface area contributed by atoms with Crippen molar-refractivity contribution >= 4 is 12.8 Å². The third kappa shape index (κ3) is 4.61. The molecule has 29 heavy (non-hydrogen) atoms. The van der Waals surface area contributed by atoms with Gasteiger partial charge in [-0.05, 0) is 44.7 Å². The zero-order valence-corrected chi connectivity index (χ0v) is 17.7.